The molecule has 0 aromatic heterocycles. The SMILES string of the molecule is O=C(OCC(=O)N(C1CCCCC1)[C@H]1CCS(=O)(=O)C1)c1ccccc1F. The van der Waals surface area contributed by atoms with E-state index in [1.807, 2.05) is 0 Å². The van der Waals surface area contributed by atoms with Gasteiger partial charge in [-0.1, -0.05) is 31.4 Å². The van der Waals surface area contributed by atoms with Crippen molar-refractivity contribution in [3.63, 3.8) is 0 Å². The second kappa shape index (κ2) is 8.37. The van der Waals surface area contributed by atoms with Crippen LogP contribution in [0.3, 0.4) is 0 Å². The Bertz CT molecular complexity index is 804. The molecule has 3 rings (SSSR count). The van der Waals surface area contributed by atoms with Gasteiger partial charge in [-0.25, -0.2) is 17.6 Å². The molecule has 0 radical (unpaired) electrons. The molecular weight excluding hydrogens is 373 g/mol. The van der Waals surface area contributed by atoms with Crippen LogP contribution in [0.4, 0.5) is 4.39 Å². The highest BCUT2D eigenvalue weighted by Gasteiger charge is 2.38. The molecule has 0 bridgehead atoms. The van der Waals surface area contributed by atoms with E-state index in [-0.39, 0.29) is 29.2 Å². The molecule has 0 spiro atoms. The monoisotopic (exact) mass is 397 g/mol. The predicted molar refractivity (Wildman–Crippen MR) is 97.5 cm³/mol. The topological polar surface area (TPSA) is 80.8 Å². The molecule has 1 atom stereocenters. The van der Waals surface area contributed by atoms with Crippen molar-refractivity contribution in [1.82, 2.24) is 4.90 Å². The summed E-state index contributed by atoms with van der Waals surface area (Å²) in [5.74, 6) is -1.99. The Balaban J connectivity index is 1.69. The summed E-state index contributed by atoms with van der Waals surface area (Å²) < 4.78 is 42.5. The second-order valence-electron chi connectivity index (χ2n) is 7.21. The van der Waals surface area contributed by atoms with Crippen LogP contribution in [-0.4, -0.2) is 55.4 Å². The zero-order chi connectivity index (χ0) is 19.4. The number of halogens is 1. The number of nitrogens with zero attached hydrogens (tertiary/aromatic N) is 1. The molecule has 1 aliphatic carbocycles. The summed E-state index contributed by atoms with van der Waals surface area (Å²) in [6, 6.07) is 5.01. The standard InChI is InChI=1S/C19H24FNO5S/c20-17-9-5-4-8-16(17)19(23)26-12-18(22)21(14-6-2-1-3-7-14)15-10-11-27(24,25)13-15/h4-5,8-9,14-15H,1-3,6-7,10-13H2/t15-/m0/s1. The minimum Gasteiger partial charge on any atom is -0.452 e. The van der Waals surface area contributed by atoms with Crippen LogP contribution in [0.5, 0.6) is 0 Å². The van der Waals surface area contributed by atoms with Gasteiger partial charge in [-0.2, -0.15) is 0 Å². The van der Waals surface area contributed by atoms with Gasteiger partial charge in [0, 0.05) is 12.1 Å². The van der Waals surface area contributed by atoms with Crippen LogP contribution < -0.4 is 0 Å². The van der Waals surface area contributed by atoms with Gasteiger partial charge in [-0.3, -0.25) is 4.79 Å². The van der Waals surface area contributed by atoms with E-state index in [1.165, 1.54) is 18.2 Å². The smallest absolute Gasteiger partial charge is 0.341 e. The molecule has 8 heteroatoms. The van der Waals surface area contributed by atoms with Crippen molar-refractivity contribution in [2.75, 3.05) is 18.1 Å². The summed E-state index contributed by atoms with van der Waals surface area (Å²) in [5.41, 5.74) is -0.224. The highest BCUT2D eigenvalue weighted by atomic mass is 32.2. The number of sulfone groups is 1. The van der Waals surface area contributed by atoms with Gasteiger partial charge in [0.1, 0.15) is 5.82 Å². The molecule has 6 nitrogen and oxygen atoms in total. The molecule has 148 valence electrons. The van der Waals surface area contributed by atoms with Crippen molar-refractivity contribution < 1.29 is 27.1 Å². The zero-order valence-corrected chi connectivity index (χ0v) is 15.9. The Morgan fingerprint density at radius 2 is 1.78 bits per heavy atom. The maximum absolute atomic E-state index is 13.7. The van der Waals surface area contributed by atoms with E-state index in [0.29, 0.717) is 6.42 Å². The van der Waals surface area contributed by atoms with E-state index in [4.69, 9.17) is 4.74 Å². The van der Waals surface area contributed by atoms with E-state index in [2.05, 4.69) is 0 Å². The molecule has 0 N–H and O–H groups in total. The minimum absolute atomic E-state index is 0.0308. The molecule has 2 aliphatic rings. The zero-order valence-electron chi connectivity index (χ0n) is 15.1. The Morgan fingerprint density at radius 3 is 2.41 bits per heavy atom. The van der Waals surface area contributed by atoms with Gasteiger partial charge in [-0.05, 0) is 31.4 Å². The number of ether oxygens (including phenoxy) is 1. The quantitative estimate of drug-likeness (QED) is 0.713. The van der Waals surface area contributed by atoms with E-state index in [0.717, 1.165) is 38.2 Å². The van der Waals surface area contributed by atoms with Crippen LogP contribution in [0.1, 0.15) is 48.9 Å². The molecular formula is C19H24FNO5S. The lowest BCUT2D eigenvalue weighted by Gasteiger charge is -2.38. The first-order chi connectivity index (χ1) is 12.9. The number of rotatable bonds is 5. The highest BCUT2D eigenvalue weighted by Crippen LogP contribution is 2.28. The summed E-state index contributed by atoms with van der Waals surface area (Å²) >= 11 is 0. The largest absolute Gasteiger partial charge is 0.452 e. The fraction of sp³-hybridized carbons (Fsp3) is 0.579. The van der Waals surface area contributed by atoms with E-state index >= 15 is 0 Å². The van der Waals surface area contributed by atoms with Crippen molar-refractivity contribution in [3.05, 3.63) is 35.6 Å². The normalized spacial score (nSPS) is 22.3. The molecule has 1 amide bonds. The first-order valence-electron chi connectivity index (χ1n) is 9.30. The number of hydrogen-bond acceptors (Lipinski definition) is 5. The molecule has 1 aromatic rings. The van der Waals surface area contributed by atoms with Crippen molar-refractivity contribution >= 4 is 21.7 Å². The van der Waals surface area contributed by atoms with Gasteiger partial charge >= 0.3 is 5.97 Å². The van der Waals surface area contributed by atoms with Crippen LogP contribution in [0.25, 0.3) is 0 Å². The molecule has 1 aliphatic heterocycles. The Morgan fingerprint density at radius 1 is 1.07 bits per heavy atom. The summed E-state index contributed by atoms with van der Waals surface area (Å²) in [4.78, 5) is 26.5. The number of carbonyl (C=O) groups is 2. The Hall–Kier alpha value is -1.96. The third-order valence-electron chi connectivity index (χ3n) is 5.28. The Kier molecular flexibility index (Phi) is 6.14. The van der Waals surface area contributed by atoms with Crippen molar-refractivity contribution in [2.45, 2.75) is 50.6 Å². The van der Waals surface area contributed by atoms with Gasteiger partial charge < -0.3 is 9.64 Å². The molecule has 27 heavy (non-hydrogen) atoms. The van der Waals surface area contributed by atoms with Gasteiger partial charge in [0.25, 0.3) is 5.91 Å². The third kappa shape index (κ3) is 4.86. The van der Waals surface area contributed by atoms with Crippen LogP contribution in [-0.2, 0) is 19.4 Å². The fourth-order valence-electron chi connectivity index (χ4n) is 3.97. The van der Waals surface area contributed by atoms with Crippen LogP contribution >= 0.6 is 0 Å². The van der Waals surface area contributed by atoms with E-state index in [1.54, 1.807) is 4.90 Å². The number of esters is 1. The summed E-state index contributed by atoms with van der Waals surface area (Å²) in [5, 5.41) is 0. The number of amides is 1. The molecule has 2 fully saturated rings. The first-order valence-corrected chi connectivity index (χ1v) is 11.1. The molecule has 1 aromatic carbocycles. The van der Waals surface area contributed by atoms with E-state index in [9.17, 15) is 22.4 Å². The third-order valence-corrected chi connectivity index (χ3v) is 7.03. The predicted octanol–water partition coefficient (Wildman–Crippen LogP) is 2.33. The van der Waals surface area contributed by atoms with Crippen molar-refractivity contribution in [1.29, 1.82) is 0 Å². The number of benzene rings is 1. The van der Waals surface area contributed by atoms with Crippen molar-refractivity contribution in [2.24, 2.45) is 0 Å². The number of carbonyl (C=O) groups excluding carboxylic acids is 2. The molecule has 0 unspecified atom stereocenters. The van der Waals surface area contributed by atoms with Crippen LogP contribution in [0, 0.1) is 5.82 Å². The first kappa shape index (κ1) is 19.8. The van der Waals surface area contributed by atoms with Gasteiger partial charge in [-0.15, -0.1) is 0 Å². The van der Waals surface area contributed by atoms with Gasteiger partial charge in [0.05, 0.1) is 17.1 Å². The lowest BCUT2D eigenvalue weighted by atomic mass is 9.93. The second-order valence-corrected chi connectivity index (χ2v) is 9.43. The van der Waals surface area contributed by atoms with E-state index < -0.39 is 34.1 Å². The van der Waals surface area contributed by atoms with Gasteiger partial charge in [0.2, 0.25) is 0 Å². The Labute approximate surface area is 158 Å². The minimum atomic E-state index is -3.14. The lowest BCUT2D eigenvalue weighted by Crippen LogP contribution is -2.50. The fourth-order valence-corrected chi connectivity index (χ4v) is 5.68. The summed E-state index contributed by atoms with van der Waals surface area (Å²) in [6.07, 6.45) is 5.13. The number of hydrogen-bond donors (Lipinski definition) is 0. The molecule has 1 saturated heterocycles. The molecule has 1 heterocycles. The van der Waals surface area contributed by atoms with Crippen LogP contribution in [0.15, 0.2) is 24.3 Å². The average Bonchev–Trinajstić information content (AvgIpc) is 3.00. The lowest BCUT2D eigenvalue weighted by molar-refractivity contribution is -0.140. The maximum Gasteiger partial charge on any atom is 0.341 e. The maximum atomic E-state index is 13.7. The van der Waals surface area contributed by atoms with Gasteiger partial charge in [0.15, 0.2) is 16.4 Å². The highest BCUT2D eigenvalue weighted by molar-refractivity contribution is 7.91. The summed E-state index contributed by atoms with van der Waals surface area (Å²) in [6.45, 7) is -0.514. The summed E-state index contributed by atoms with van der Waals surface area (Å²) in [7, 11) is -3.14. The van der Waals surface area contributed by atoms with Crippen molar-refractivity contribution in [3.8, 4) is 0 Å². The van der Waals surface area contributed by atoms with Crippen LogP contribution in [0.2, 0.25) is 0 Å². The molecule has 1 saturated carbocycles. The average molecular weight is 397 g/mol.